The Labute approximate surface area is 167 Å². The van der Waals surface area contributed by atoms with Crippen LogP contribution >= 0.6 is 0 Å². The van der Waals surface area contributed by atoms with E-state index in [2.05, 4.69) is 21.5 Å². The third-order valence-electron chi connectivity index (χ3n) is 4.82. The highest BCUT2D eigenvalue weighted by molar-refractivity contribution is 5.68. The Balaban J connectivity index is 0.000000249. The molecule has 2 aliphatic carbocycles. The topological polar surface area (TPSA) is 113 Å². The molecule has 1 aromatic carbocycles. The summed E-state index contributed by atoms with van der Waals surface area (Å²) in [6, 6.07) is 13.8. The maximum Gasteiger partial charge on any atom is 0.404 e. The van der Waals surface area contributed by atoms with Gasteiger partial charge in [-0.25, -0.2) is 14.3 Å². The van der Waals surface area contributed by atoms with Gasteiger partial charge in [0.15, 0.2) is 17.2 Å². The summed E-state index contributed by atoms with van der Waals surface area (Å²) in [5.41, 5.74) is 3.21. The first-order valence-electron chi connectivity index (χ1n) is 9.52. The van der Waals surface area contributed by atoms with Crippen molar-refractivity contribution in [1.82, 2.24) is 19.9 Å². The molecule has 2 N–H and O–H groups in total. The van der Waals surface area contributed by atoms with E-state index in [0.29, 0.717) is 17.2 Å². The van der Waals surface area contributed by atoms with Gasteiger partial charge in [-0.05, 0) is 49.9 Å². The quantitative estimate of drug-likeness (QED) is 0.703. The fraction of sp³-hybridized carbons (Fsp3) is 0.333. The van der Waals surface area contributed by atoms with Crippen molar-refractivity contribution in [3.05, 3.63) is 47.8 Å². The summed E-state index contributed by atoms with van der Waals surface area (Å²) in [5.74, 6) is 2.06. The van der Waals surface area contributed by atoms with Gasteiger partial charge in [0.1, 0.15) is 0 Å². The maximum atomic E-state index is 9.74. The van der Waals surface area contributed by atoms with Crippen molar-refractivity contribution in [2.75, 3.05) is 7.11 Å². The zero-order chi connectivity index (χ0) is 20.4. The van der Waals surface area contributed by atoms with Crippen molar-refractivity contribution < 1.29 is 14.6 Å². The summed E-state index contributed by atoms with van der Waals surface area (Å²) in [7, 11) is 1.64. The normalized spacial score (nSPS) is 15.2. The minimum Gasteiger partial charge on any atom is -0.493 e. The highest BCUT2D eigenvalue weighted by atomic mass is 16.5. The summed E-state index contributed by atoms with van der Waals surface area (Å²) in [6.07, 6.45) is 3.44. The molecule has 8 heteroatoms. The molecule has 0 spiro atoms. The van der Waals surface area contributed by atoms with Crippen molar-refractivity contribution in [3.8, 4) is 23.1 Å². The van der Waals surface area contributed by atoms with Gasteiger partial charge in [0.05, 0.1) is 24.4 Å². The number of ether oxygens (including phenoxy) is 1. The van der Waals surface area contributed by atoms with Crippen LogP contribution in [0.3, 0.4) is 0 Å². The number of hydrogen-bond acceptors (Lipinski definition) is 5. The lowest BCUT2D eigenvalue weighted by molar-refractivity contribution is 0.194. The Bertz CT molecular complexity index is 1090. The highest BCUT2D eigenvalue weighted by Gasteiger charge is 2.29. The van der Waals surface area contributed by atoms with Crippen molar-refractivity contribution >= 4 is 11.7 Å². The van der Waals surface area contributed by atoms with E-state index < -0.39 is 6.09 Å². The summed E-state index contributed by atoms with van der Waals surface area (Å²) < 4.78 is 7.22. The molecular weight excluding hydrogens is 370 g/mol. The summed E-state index contributed by atoms with van der Waals surface area (Å²) in [5, 5.41) is 24.1. The SMILES string of the molecule is COc1ccc(-c2cccc(C#N)c2)n2nc(C3CC3)nc12.O=C(O)NC1CC1. The van der Waals surface area contributed by atoms with Crippen molar-refractivity contribution in [2.24, 2.45) is 0 Å². The number of amides is 1. The van der Waals surface area contributed by atoms with Crippen LogP contribution in [0.5, 0.6) is 5.75 Å². The average molecular weight is 391 g/mol. The van der Waals surface area contributed by atoms with E-state index in [1.807, 2.05) is 34.8 Å². The number of methoxy groups -OCH3 is 1. The van der Waals surface area contributed by atoms with E-state index in [1.165, 1.54) is 0 Å². The van der Waals surface area contributed by atoms with Crippen molar-refractivity contribution in [1.29, 1.82) is 5.26 Å². The standard InChI is InChI=1S/C17H14N4O.C4H7NO2/c1-22-15-8-7-14(13-4-2-3-11(9-13)10-18)21-17(15)19-16(20-21)12-5-6-12;6-4(7)5-3-1-2-3/h2-4,7-9,12H,5-6H2,1H3;3,5H,1-2H2,(H,6,7). The minimum absolute atomic E-state index is 0.275. The lowest BCUT2D eigenvalue weighted by Gasteiger charge is -2.07. The number of carboxylic acid groups (broad SMARTS) is 1. The van der Waals surface area contributed by atoms with E-state index in [9.17, 15) is 4.79 Å². The monoisotopic (exact) mass is 391 g/mol. The van der Waals surface area contributed by atoms with Gasteiger partial charge in [0, 0.05) is 17.5 Å². The maximum absolute atomic E-state index is 9.74. The Morgan fingerprint density at radius 2 is 2.07 bits per heavy atom. The number of nitriles is 1. The van der Waals surface area contributed by atoms with Crippen LogP contribution in [0, 0.1) is 11.3 Å². The molecule has 2 aromatic heterocycles. The van der Waals surface area contributed by atoms with Crippen LogP contribution in [0.1, 0.15) is 43.0 Å². The molecule has 0 aliphatic heterocycles. The third kappa shape index (κ3) is 4.29. The molecule has 8 nitrogen and oxygen atoms in total. The smallest absolute Gasteiger partial charge is 0.404 e. The van der Waals surface area contributed by atoms with Crippen LogP contribution in [0.4, 0.5) is 4.79 Å². The van der Waals surface area contributed by atoms with Crippen molar-refractivity contribution in [3.63, 3.8) is 0 Å². The molecule has 1 amide bonds. The number of carbonyl (C=O) groups is 1. The average Bonchev–Trinajstić information content (AvgIpc) is 3.66. The van der Waals surface area contributed by atoms with Gasteiger partial charge in [-0.3, -0.25) is 0 Å². The highest BCUT2D eigenvalue weighted by Crippen LogP contribution is 2.39. The molecule has 0 unspecified atom stereocenters. The van der Waals surface area contributed by atoms with Crippen LogP contribution in [0.15, 0.2) is 36.4 Å². The fourth-order valence-electron chi connectivity index (χ4n) is 3.00. The summed E-state index contributed by atoms with van der Waals surface area (Å²) in [4.78, 5) is 14.4. The van der Waals surface area contributed by atoms with Crippen LogP contribution in [0.25, 0.3) is 16.9 Å². The molecule has 29 heavy (non-hydrogen) atoms. The van der Waals surface area contributed by atoms with Gasteiger partial charge in [-0.15, -0.1) is 0 Å². The summed E-state index contributed by atoms with van der Waals surface area (Å²) >= 11 is 0. The number of benzene rings is 1. The van der Waals surface area contributed by atoms with Crippen LogP contribution < -0.4 is 10.1 Å². The minimum atomic E-state index is -0.900. The lowest BCUT2D eigenvalue weighted by Crippen LogP contribution is -2.22. The predicted molar refractivity (Wildman–Crippen MR) is 106 cm³/mol. The Morgan fingerprint density at radius 3 is 2.66 bits per heavy atom. The molecule has 0 bridgehead atoms. The first-order chi connectivity index (χ1) is 14.1. The van der Waals surface area contributed by atoms with E-state index in [1.54, 1.807) is 13.2 Å². The zero-order valence-corrected chi connectivity index (χ0v) is 16.0. The fourth-order valence-corrected chi connectivity index (χ4v) is 3.00. The van der Waals surface area contributed by atoms with Crippen LogP contribution in [-0.2, 0) is 0 Å². The molecule has 2 saturated carbocycles. The second kappa shape index (κ2) is 7.80. The van der Waals surface area contributed by atoms with Crippen LogP contribution in [0.2, 0.25) is 0 Å². The molecule has 5 rings (SSSR count). The van der Waals surface area contributed by atoms with E-state index in [0.717, 1.165) is 48.4 Å². The molecule has 0 saturated heterocycles. The van der Waals surface area contributed by atoms with E-state index in [4.69, 9.17) is 15.1 Å². The van der Waals surface area contributed by atoms with Crippen molar-refractivity contribution in [2.45, 2.75) is 37.6 Å². The predicted octanol–water partition coefficient (Wildman–Crippen LogP) is 3.57. The lowest BCUT2D eigenvalue weighted by atomic mass is 10.1. The molecule has 2 heterocycles. The second-order valence-corrected chi connectivity index (χ2v) is 7.18. The zero-order valence-electron chi connectivity index (χ0n) is 16.0. The molecule has 0 radical (unpaired) electrons. The van der Waals surface area contributed by atoms with Gasteiger partial charge in [-0.2, -0.15) is 10.4 Å². The van der Waals surface area contributed by atoms with E-state index >= 15 is 0 Å². The third-order valence-corrected chi connectivity index (χ3v) is 4.82. The van der Waals surface area contributed by atoms with Gasteiger partial charge in [0.25, 0.3) is 0 Å². The molecule has 2 fully saturated rings. The Kier molecular flexibility index (Phi) is 5.04. The van der Waals surface area contributed by atoms with Gasteiger partial charge in [0.2, 0.25) is 0 Å². The Morgan fingerprint density at radius 1 is 1.28 bits per heavy atom. The largest absolute Gasteiger partial charge is 0.493 e. The Hall–Kier alpha value is -3.60. The molecule has 3 aromatic rings. The van der Waals surface area contributed by atoms with Gasteiger partial charge < -0.3 is 15.2 Å². The van der Waals surface area contributed by atoms with E-state index in [-0.39, 0.29) is 6.04 Å². The molecular formula is C21H21N5O3. The molecule has 2 aliphatic rings. The first kappa shape index (κ1) is 18.7. The molecule has 148 valence electrons. The number of aromatic nitrogens is 3. The van der Waals surface area contributed by atoms with Gasteiger partial charge in [-0.1, -0.05) is 12.1 Å². The second-order valence-electron chi connectivity index (χ2n) is 7.18. The van der Waals surface area contributed by atoms with Crippen LogP contribution in [-0.4, -0.2) is 38.9 Å². The number of nitrogens with zero attached hydrogens (tertiary/aromatic N) is 4. The van der Waals surface area contributed by atoms with Gasteiger partial charge >= 0.3 is 6.09 Å². The number of pyridine rings is 1. The summed E-state index contributed by atoms with van der Waals surface area (Å²) in [6.45, 7) is 0. The first-order valence-corrected chi connectivity index (χ1v) is 9.52. The number of rotatable bonds is 4. The number of nitrogens with one attached hydrogen (secondary N) is 1. The molecule has 0 atom stereocenters. The number of fused-ring (bicyclic) bond motifs is 1. The number of hydrogen-bond donors (Lipinski definition) is 2.